The Morgan fingerprint density at radius 1 is 1.15 bits per heavy atom. The monoisotopic (exact) mass is 381 g/mol. The van der Waals surface area contributed by atoms with Gasteiger partial charge in [-0.1, -0.05) is 30.7 Å². The maximum absolute atomic E-state index is 13.2. The van der Waals surface area contributed by atoms with E-state index in [0.717, 1.165) is 41.5 Å². The maximum Gasteiger partial charge on any atom is 0.173 e. The third-order valence-corrected chi connectivity index (χ3v) is 6.44. The molecule has 5 rings (SSSR count). The Morgan fingerprint density at radius 3 is 2.56 bits per heavy atom. The average Bonchev–Trinajstić information content (AvgIpc) is 3.36. The number of halogens is 1. The summed E-state index contributed by atoms with van der Waals surface area (Å²) in [5, 5.41) is 11.4. The minimum Gasteiger partial charge on any atom is -0.511 e. The molecule has 2 aromatic rings. The van der Waals surface area contributed by atoms with Crippen molar-refractivity contribution in [1.29, 1.82) is 0 Å². The van der Waals surface area contributed by atoms with Crippen LogP contribution in [0.3, 0.4) is 0 Å². The average molecular weight is 382 g/mol. The highest BCUT2D eigenvalue weighted by atomic mass is 35.5. The van der Waals surface area contributed by atoms with Gasteiger partial charge in [0.1, 0.15) is 10.9 Å². The number of hydrogen-bond donors (Lipinski definition) is 1. The van der Waals surface area contributed by atoms with E-state index in [9.17, 15) is 9.90 Å². The third-order valence-electron chi connectivity index (χ3n) is 6.22. The van der Waals surface area contributed by atoms with Crippen LogP contribution in [0.4, 0.5) is 0 Å². The number of Topliss-reactive ketones (excluding diaryl/α,β-unsaturated/α-hetero) is 1. The van der Waals surface area contributed by atoms with Crippen LogP contribution >= 0.6 is 11.6 Å². The summed E-state index contributed by atoms with van der Waals surface area (Å²) in [6, 6.07) is 9.72. The van der Waals surface area contributed by atoms with Crippen LogP contribution in [0.25, 0.3) is 16.7 Å². The molecule has 0 amide bonds. The summed E-state index contributed by atoms with van der Waals surface area (Å²) in [5.41, 5.74) is 4.27. The number of aryl methyl sites for hydroxylation is 1. The van der Waals surface area contributed by atoms with Crippen molar-refractivity contribution in [3.8, 4) is 11.1 Å². The van der Waals surface area contributed by atoms with Crippen LogP contribution in [0, 0.1) is 11.8 Å². The molecule has 1 aliphatic carbocycles. The number of nitrogens with zero attached hydrogens (tertiary/aromatic N) is 1. The summed E-state index contributed by atoms with van der Waals surface area (Å²) in [4.78, 5) is 17.4. The van der Waals surface area contributed by atoms with Crippen molar-refractivity contribution in [1.82, 2.24) is 4.98 Å². The molecule has 138 valence electrons. The topological polar surface area (TPSA) is 59.4 Å². The highest BCUT2D eigenvalue weighted by molar-refractivity contribution is 6.29. The number of ketones is 1. The second-order valence-electron chi connectivity index (χ2n) is 7.56. The SMILES string of the molecule is CCc1ccc(-c2ccc(Cl)nc2)cc1C1=C(O)[C@@H]2C3CCC(O3)[C@@H]2C1=O. The zero-order valence-electron chi connectivity index (χ0n) is 15.0. The summed E-state index contributed by atoms with van der Waals surface area (Å²) in [5.74, 6) is -0.134. The molecule has 1 aromatic heterocycles. The molecule has 4 atom stereocenters. The highest BCUT2D eigenvalue weighted by Gasteiger charge is 2.59. The first-order valence-electron chi connectivity index (χ1n) is 9.46. The Balaban J connectivity index is 1.63. The van der Waals surface area contributed by atoms with Crippen molar-refractivity contribution in [2.75, 3.05) is 0 Å². The number of fused-ring (bicyclic) bond motifs is 5. The van der Waals surface area contributed by atoms with E-state index in [4.69, 9.17) is 16.3 Å². The first-order chi connectivity index (χ1) is 13.1. The van der Waals surface area contributed by atoms with E-state index in [1.807, 2.05) is 24.3 Å². The van der Waals surface area contributed by atoms with Gasteiger partial charge in [0, 0.05) is 11.8 Å². The molecule has 0 radical (unpaired) electrons. The summed E-state index contributed by atoms with van der Waals surface area (Å²) in [7, 11) is 0. The van der Waals surface area contributed by atoms with Gasteiger partial charge in [0.05, 0.1) is 29.6 Å². The smallest absolute Gasteiger partial charge is 0.173 e. The van der Waals surface area contributed by atoms with Gasteiger partial charge in [0.25, 0.3) is 0 Å². The first kappa shape index (κ1) is 17.0. The molecule has 4 nitrogen and oxygen atoms in total. The molecule has 2 unspecified atom stereocenters. The van der Waals surface area contributed by atoms with Gasteiger partial charge in [0.15, 0.2) is 5.78 Å². The van der Waals surface area contributed by atoms with E-state index < -0.39 is 0 Å². The molecule has 2 fully saturated rings. The van der Waals surface area contributed by atoms with Gasteiger partial charge < -0.3 is 9.84 Å². The molecular formula is C22H20ClNO3. The van der Waals surface area contributed by atoms with Gasteiger partial charge >= 0.3 is 0 Å². The minimum absolute atomic E-state index is 0.0184. The molecule has 0 spiro atoms. The van der Waals surface area contributed by atoms with Crippen LogP contribution in [-0.4, -0.2) is 28.1 Å². The molecule has 1 aromatic carbocycles. The molecule has 2 aliphatic heterocycles. The van der Waals surface area contributed by atoms with Gasteiger partial charge in [-0.3, -0.25) is 4.79 Å². The Bertz CT molecular complexity index is 966. The van der Waals surface area contributed by atoms with E-state index in [0.29, 0.717) is 10.7 Å². The van der Waals surface area contributed by atoms with Crippen LogP contribution < -0.4 is 0 Å². The van der Waals surface area contributed by atoms with Gasteiger partial charge in [0.2, 0.25) is 0 Å². The van der Waals surface area contributed by atoms with E-state index in [1.54, 1.807) is 12.3 Å². The normalized spacial score (nSPS) is 28.9. The second-order valence-corrected chi connectivity index (χ2v) is 7.95. The molecule has 3 aliphatic rings. The Hall–Kier alpha value is -2.17. The summed E-state index contributed by atoms with van der Waals surface area (Å²) in [6.45, 7) is 2.06. The molecule has 27 heavy (non-hydrogen) atoms. The van der Waals surface area contributed by atoms with Crippen LogP contribution in [-0.2, 0) is 16.0 Å². The number of carbonyl (C=O) groups is 1. The fraction of sp³-hybridized carbons (Fsp3) is 0.364. The quantitative estimate of drug-likeness (QED) is 0.789. The first-order valence-corrected chi connectivity index (χ1v) is 9.84. The Morgan fingerprint density at radius 2 is 1.89 bits per heavy atom. The van der Waals surface area contributed by atoms with Crippen LogP contribution in [0.1, 0.15) is 30.9 Å². The number of aromatic nitrogens is 1. The number of pyridine rings is 1. The van der Waals surface area contributed by atoms with Crippen molar-refractivity contribution in [3.05, 3.63) is 58.6 Å². The minimum atomic E-state index is -0.218. The predicted molar refractivity (Wildman–Crippen MR) is 103 cm³/mol. The molecule has 1 N–H and O–H groups in total. The number of ether oxygens (including phenoxy) is 1. The van der Waals surface area contributed by atoms with E-state index in [2.05, 4.69) is 11.9 Å². The molecule has 2 saturated heterocycles. The highest BCUT2D eigenvalue weighted by Crippen LogP contribution is 2.53. The standard InChI is InChI=1S/C22H20ClNO3/c1-2-11-3-4-12(13-5-8-17(23)24-10-13)9-14(11)18-21(25)19-15-6-7-16(27-15)20(19)22(18)26/h3-5,8-10,15-16,19-20,25H,2,6-7H2,1H3/t15?,16?,19-,20+/m1/s1. The van der Waals surface area contributed by atoms with Crippen LogP contribution in [0.2, 0.25) is 5.15 Å². The van der Waals surface area contributed by atoms with Gasteiger partial charge in [-0.05, 0) is 54.2 Å². The van der Waals surface area contributed by atoms with Crippen molar-refractivity contribution < 1.29 is 14.6 Å². The van der Waals surface area contributed by atoms with Crippen molar-refractivity contribution in [2.24, 2.45) is 11.8 Å². The third kappa shape index (κ3) is 2.47. The van der Waals surface area contributed by atoms with Crippen molar-refractivity contribution in [2.45, 2.75) is 38.4 Å². The molecule has 3 heterocycles. The molecule has 5 heteroatoms. The lowest BCUT2D eigenvalue weighted by atomic mass is 9.80. The number of allylic oxidation sites excluding steroid dienone is 1. The zero-order chi connectivity index (χ0) is 18.7. The maximum atomic E-state index is 13.2. The van der Waals surface area contributed by atoms with Crippen molar-refractivity contribution in [3.63, 3.8) is 0 Å². The molecular weight excluding hydrogens is 362 g/mol. The molecule has 0 saturated carbocycles. The lowest BCUT2D eigenvalue weighted by Gasteiger charge is -2.19. The summed E-state index contributed by atoms with van der Waals surface area (Å²) in [6.07, 6.45) is 4.29. The predicted octanol–water partition coefficient (Wildman–Crippen LogP) is 4.61. The lowest BCUT2D eigenvalue weighted by Crippen LogP contribution is -2.29. The van der Waals surface area contributed by atoms with Crippen LogP contribution in [0.15, 0.2) is 42.3 Å². The number of hydrogen-bond acceptors (Lipinski definition) is 4. The number of benzene rings is 1. The second kappa shape index (κ2) is 6.18. The fourth-order valence-corrected chi connectivity index (χ4v) is 5.04. The number of aliphatic hydroxyl groups excluding tert-OH is 1. The number of aliphatic hydroxyl groups is 1. The van der Waals surface area contributed by atoms with E-state index >= 15 is 0 Å². The number of rotatable bonds is 3. The molecule has 2 bridgehead atoms. The van der Waals surface area contributed by atoms with Gasteiger partial charge in [-0.15, -0.1) is 0 Å². The Labute approximate surface area is 162 Å². The van der Waals surface area contributed by atoms with Crippen molar-refractivity contribution >= 4 is 23.0 Å². The largest absolute Gasteiger partial charge is 0.511 e. The Kier molecular flexibility index (Phi) is 3.88. The summed E-state index contributed by atoms with van der Waals surface area (Å²) < 4.78 is 5.89. The fourth-order valence-electron chi connectivity index (χ4n) is 4.93. The lowest BCUT2D eigenvalue weighted by molar-refractivity contribution is -0.118. The summed E-state index contributed by atoms with van der Waals surface area (Å²) >= 11 is 5.90. The van der Waals surface area contributed by atoms with E-state index in [-0.39, 0.29) is 35.6 Å². The zero-order valence-corrected chi connectivity index (χ0v) is 15.7. The number of carbonyl (C=O) groups excluding carboxylic acids is 1. The van der Waals surface area contributed by atoms with Crippen LogP contribution in [0.5, 0.6) is 0 Å². The van der Waals surface area contributed by atoms with Gasteiger partial charge in [-0.25, -0.2) is 4.98 Å². The van der Waals surface area contributed by atoms with Gasteiger partial charge in [-0.2, -0.15) is 0 Å². The van der Waals surface area contributed by atoms with E-state index in [1.165, 1.54) is 0 Å².